The van der Waals surface area contributed by atoms with Crippen molar-refractivity contribution >= 4 is 11.6 Å². The Morgan fingerprint density at radius 1 is 1.33 bits per heavy atom. The third-order valence-corrected chi connectivity index (χ3v) is 3.82. The van der Waals surface area contributed by atoms with Gasteiger partial charge in [-0.25, -0.2) is 0 Å². The Balaban J connectivity index is 1.99. The second kappa shape index (κ2) is 7.57. The molecule has 1 aromatic carbocycles. The van der Waals surface area contributed by atoms with E-state index in [0.29, 0.717) is 19.1 Å². The largest absolute Gasteiger partial charge is 0.380 e. The molecule has 4 nitrogen and oxygen atoms in total. The zero-order valence-electron chi connectivity index (χ0n) is 13.3. The molecule has 1 N–H and O–H groups in total. The SMILES string of the molecule is CC(C)CCOCCN1C(=O)C(C)NCc2ccccc21. The quantitative estimate of drug-likeness (QED) is 0.819. The van der Waals surface area contributed by atoms with E-state index >= 15 is 0 Å². The van der Waals surface area contributed by atoms with Crippen molar-refractivity contribution in [2.45, 2.75) is 39.8 Å². The summed E-state index contributed by atoms with van der Waals surface area (Å²) in [5, 5.41) is 3.26. The first-order valence-electron chi connectivity index (χ1n) is 7.80. The van der Waals surface area contributed by atoms with Gasteiger partial charge in [0.15, 0.2) is 0 Å². The fraction of sp³-hybridized carbons (Fsp3) is 0.588. The van der Waals surface area contributed by atoms with Crippen LogP contribution in [-0.4, -0.2) is 31.7 Å². The van der Waals surface area contributed by atoms with Gasteiger partial charge in [-0.3, -0.25) is 4.79 Å². The number of para-hydroxylation sites is 1. The topological polar surface area (TPSA) is 41.6 Å². The molecule has 0 aromatic heterocycles. The van der Waals surface area contributed by atoms with E-state index in [-0.39, 0.29) is 11.9 Å². The zero-order chi connectivity index (χ0) is 15.2. The van der Waals surface area contributed by atoms with E-state index in [1.807, 2.05) is 30.0 Å². The molecule has 0 bridgehead atoms. The Kier molecular flexibility index (Phi) is 5.76. The maximum absolute atomic E-state index is 12.5. The number of fused-ring (bicyclic) bond motifs is 1. The molecule has 1 heterocycles. The van der Waals surface area contributed by atoms with Gasteiger partial charge in [-0.2, -0.15) is 0 Å². The monoisotopic (exact) mass is 290 g/mol. The van der Waals surface area contributed by atoms with Gasteiger partial charge in [0.05, 0.1) is 12.6 Å². The summed E-state index contributed by atoms with van der Waals surface area (Å²) in [4.78, 5) is 14.3. The summed E-state index contributed by atoms with van der Waals surface area (Å²) >= 11 is 0. The molecule has 0 fully saturated rings. The highest BCUT2D eigenvalue weighted by Crippen LogP contribution is 2.23. The van der Waals surface area contributed by atoms with Crippen LogP contribution in [0.1, 0.15) is 32.8 Å². The van der Waals surface area contributed by atoms with Crippen molar-refractivity contribution in [1.82, 2.24) is 5.32 Å². The molecule has 0 aliphatic carbocycles. The van der Waals surface area contributed by atoms with Gasteiger partial charge in [-0.05, 0) is 30.9 Å². The Labute approximate surface area is 127 Å². The van der Waals surface area contributed by atoms with Crippen molar-refractivity contribution in [2.75, 3.05) is 24.7 Å². The van der Waals surface area contributed by atoms with E-state index in [0.717, 1.165) is 30.8 Å². The zero-order valence-corrected chi connectivity index (χ0v) is 13.3. The molecule has 116 valence electrons. The third kappa shape index (κ3) is 4.29. The summed E-state index contributed by atoms with van der Waals surface area (Å²) < 4.78 is 5.67. The van der Waals surface area contributed by atoms with Crippen molar-refractivity contribution in [3.63, 3.8) is 0 Å². The summed E-state index contributed by atoms with van der Waals surface area (Å²) in [5.74, 6) is 0.766. The lowest BCUT2D eigenvalue weighted by Gasteiger charge is -2.24. The Morgan fingerprint density at radius 2 is 2.10 bits per heavy atom. The molecule has 1 unspecified atom stereocenters. The number of ether oxygens (including phenoxy) is 1. The average molecular weight is 290 g/mol. The molecular formula is C17H26N2O2. The van der Waals surface area contributed by atoms with E-state index < -0.39 is 0 Å². The highest BCUT2D eigenvalue weighted by atomic mass is 16.5. The average Bonchev–Trinajstić information content (AvgIpc) is 2.58. The number of amides is 1. The lowest BCUT2D eigenvalue weighted by Crippen LogP contribution is -2.43. The normalized spacial score (nSPS) is 18.8. The van der Waals surface area contributed by atoms with Crippen LogP contribution in [0.4, 0.5) is 5.69 Å². The van der Waals surface area contributed by atoms with Crippen LogP contribution in [0.2, 0.25) is 0 Å². The first kappa shape index (κ1) is 16.0. The van der Waals surface area contributed by atoms with Crippen LogP contribution < -0.4 is 10.2 Å². The lowest BCUT2D eigenvalue weighted by molar-refractivity contribution is -0.120. The summed E-state index contributed by atoms with van der Waals surface area (Å²) in [6, 6.07) is 7.92. The van der Waals surface area contributed by atoms with Gasteiger partial charge in [0, 0.05) is 25.4 Å². The molecule has 4 heteroatoms. The predicted octanol–water partition coefficient (Wildman–Crippen LogP) is 2.57. The fourth-order valence-electron chi connectivity index (χ4n) is 2.43. The fourth-order valence-corrected chi connectivity index (χ4v) is 2.43. The van der Waals surface area contributed by atoms with Crippen molar-refractivity contribution in [3.8, 4) is 0 Å². The van der Waals surface area contributed by atoms with Crippen LogP contribution in [-0.2, 0) is 16.1 Å². The number of nitrogens with zero attached hydrogens (tertiary/aromatic N) is 1. The molecule has 1 aliphatic heterocycles. The predicted molar refractivity (Wildman–Crippen MR) is 85.4 cm³/mol. The Hall–Kier alpha value is -1.39. The van der Waals surface area contributed by atoms with Crippen LogP contribution in [0.15, 0.2) is 24.3 Å². The highest BCUT2D eigenvalue weighted by Gasteiger charge is 2.26. The van der Waals surface area contributed by atoms with Gasteiger partial charge in [-0.1, -0.05) is 32.0 Å². The summed E-state index contributed by atoms with van der Waals surface area (Å²) in [7, 11) is 0. The summed E-state index contributed by atoms with van der Waals surface area (Å²) in [5.41, 5.74) is 2.17. The second-order valence-electron chi connectivity index (χ2n) is 6.02. The molecule has 1 atom stereocenters. The van der Waals surface area contributed by atoms with Crippen LogP contribution in [0.25, 0.3) is 0 Å². The van der Waals surface area contributed by atoms with Crippen molar-refractivity contribution < 1.29 is 9.53 Å². The number of hydrogen-bond donors (Lipinski definition) is 1. The maximum Gasteiger partial charge on any atom is 0.243 e. The third-order valence-electron chi connectivity index (χ3n) is 3.82. The van der Waals surface area contributed by atoms with Gasteiger partial charge in [0.1, 0.15) is 0 Å². The van der Waals surface area contributed by atoms with Gasteiger partial charge < -0.3 is 15.0 Å². The number of carbonyl (C=O) groups is 1. The number of benzene rings is 1. The smallest absolute Gasteiger partial charge is 0.243 e. The lowest BCUT2D eigenvalue weighted by atomic mass is 10.1. The summed E-state index contributed by atoms with van der Waals surface area (Å²) in [6.45, 7) is 8.97. The minimum atomic E-state index is -0.159. The molecule has 0 spiro atoms. The minimum Gasteiger partial charge on any atom is -0.380 e. The van der Waals surface area contributed by atoms with Crippen LogP contribution >= 0.6 is 0 Å². The number of rotatable bonds is 6. The Bertz CT molecular complexity index is 474. The molecule has 2 rings (SSSR count). The van der Waals surface area contributed by atoms with Crippen molar-refractivity contribution in [1.29, 1.82) is 0 Å². The van der Waals surface area contributed by atoms with Gasteiger partial charge in [0.2, 0.25) is 5.91 Å². The maximum atomic E-state index is 12.5. The molecule has 1 aliphatic rings. The van der Waals surface area contributed by atoms with Crippen LogP contribution in [0.5, 0.6) is 0 Å². The molecular weight excluding hydrogens is 264 g/mol. The first-order valence-corrected chi connectivity index (χ1v) is 7.80. The van der Waals surface area contributed by atoms with Gasteiger partial charge >= 0.3 is 0 Å². The second-order valence-corrected chi connectivity index (χ2v) is 6.02. The van der Waals surface area contributed by atoms with E-state index in [4.69, 9.17) is 4.74 Å². The number of hydrogen-bond acceptors (Lipinski definition) is 3. The van der Waals surface area contributed by atoms with E-state index in [1.54, 1.807) is 0 Å². The van der Waals surface area contributed by atoms with Crippen LogP contribution in [0, 0.1) is 5.92 Å². The molecule has 0 saturated carbocycles. The van der Waals surface area contributed by atoms with E-state index in [2.05, 4.69) is 25.2 Å². The minimum absolute atomic E-state index is 0.118. The molecule has 1 aromatic rings. The van der Waals surface area contributed by atoms with Gasteiger partial charge in [-0.15, -0.1) is 0 Å². The van der Waals surface area contributed by atoms with Crippen LogP contribution in [0.3, 0.4) is 0 Å². The van der Waals surface area contributed by atoms with Gasteiger partial charge in [0.25, 0.3) is 0 Å². The van der Waals surface area contributed by atoms with Crippen molar-refractivity contribution in [2.24, 2.45) is 5.92 Å². The Morgan fingerprint density at radius 3 is 2.86 bits per heavy atom. The molecule has 21 heavy (non-hydrogen) atoms. The molecule has 0 radical (unpaired) electrons. The highest BCUT2D eigenvalue weighted by molar-refractivity contribution is 5.98. The van der Waals surface area contributed by atoms with Crippen molar-refractivity contribution in [3.05, 3.63) is 29.8 Å². The van der Waals surface area contributed by atoms with E-state index in [1.165, 1.54) is 0 Å². The van der Waals surface area contributed by atoms with E-state index in [9.17, 15) is 4.79 Å². The molecule has 1 amide bonds. The number of anilines is 1. The first-order chi connectivity index (χ1) is 10.1. The summed E-state index contributed by atoms with van der Waals surface area (Å²) in [6.07, 6.45) is 1.06. The number of nitrogens with one attached hydrogen (secondary N) is 1. The molecule has 0 saturated heterocycles. The number of carbonyl (C=O) groups excluding carboxylic acids is 1. The standard InChI is InChI=1S/C17H26N2O2/c1-13(2)8-10-21-11-9-19-16-7-5-4-6-15(16)12-18-14(3)17(19)20/h4-7,13-14,18H,8-12H2,1-3H3.